The van der Waals surface area contributed by atoms with Crippen LogP contribution in [0.2, 0.25) is 0 Å². The van der Waals surface area contributed by atoms with Crippen molar-refractivity contribution in [2.45, 2.75) is 0 Å². The van der Waals surface area contributed by atoms with Gasteiger partial charge < -0.3 is 4.42 Å². The number of benzene rings is 5. The van der Waals surface area contributed by atoms with Crippen LogP contribution in [0.4, 0.5) is 0 Å². The van der Waals surface area contributed by atoms with E-state index in [0.717, 1.165) is 65.6 Å². The Labute approximate surface area is 256 Å². The van der Waals surface area contributed by atoms with Crippen molar-refractivity contribution in [1.82, 2.24) is 19.9 Å². The fourth-order valence-electron chi connectivity index (χ4n) is 5.91. The molecule has 44 heavy (non-hydrogen) atoms. The van der Waals surface area contributed by atoms with E-state index in [4.69, 9.17) is 24.4 Å². The molecule has 0 amide bonds. The SMILES string of the molecule is c1ccc(-c2nc(-c3cccc(-c4nc(-c5ccccc5)nc5sc6ccccc6c45)c3)c3c(n2)oc2ccccc23)cc1. The molecule has 0 spiro atoms. The normalized spacial score (nSPS) is 11.6. The number of para-hydroxylation sites is 1. The van der Waals surface area contributed by atoms with E-state index in [-0.39, 0.29) is 0 Å². The van der Waals surface area contributed by atoms with Gasteiger partial charge >= 0.3 is 0 Å². The summed E-state index contributed by atoms with van der Waals surface area (Å²) in [6.07, 6.45) is 0. The molecule has 0 aliphatic rings. The third kappa shape index (κ3) is 4.00. The monoisotopic (exact) mass is 582 g/mol. The van der Waals surface area contributed by atoms with Gasteiger partial charge in [0, 0.05) is 43.1 Å². The fourth-order valence-corrected chi connectivity index (χ4v) is 6.99. The first-order chi connectivity index (χ1) is 21.8. The number of aromatic nitrogens is 4. The van der Waals surface area contributed by atoms with Gasteiger partial charge in [-0.3, -0.25) is 0 Å². The van der Waals surface area contributed by atoms with Crippen LogP contribution >= 0.6 is 11.3 Å². The summed E-state index contributed by atoms with van der Waals surface area (Å²) in [7, 11) is 0. The molecule has 206 valence electrons. The van der Waals surface area contributed by atoms with Gasteiger partial charge in [0.25, 0.3) is 0 Å². The van der Waals surface area contributed by atoms with Gasteiger partial charge in [-0.2, -0.15) is 4.98 Å². The van der Waals surface area contributed by atoms with Crippen LogP contribution in [0.1, 0.15) is 0 Å². The molecule has 0 N–H and O–H groups in total. The van der Waals surface area contributed by atoms with Crippen molar-refractivity contribution >= 4 is 53.7 Å². The first-order valence-corrected chi connectivity index (χ1v) is 15.2. The summed E-state index contributed by atoms with van der Waals surface area (Å²) in [4.78, 5) is 21.2. The Hall–Kier alpha value is -5.72. The highest BCUT2D eigenvalue weighted by Crippen LogP contribution is 2.41. The van der Waals surface area contributed by atoms with Gasteiger partial charge in [-0.1, -0.05) is 115 Å². The van der Waals surface area contributed by atoms with Crippen LogP contribution in [0.5, 0.6) is 0 Å². The molecule has 4 aromatic heterocycles. The zero-order valence-corrected chi connectivity index (χ0v) is 24.1. The molecule has 5 aromatic carbocycles. The van der Waals surface area contributed by atoms with Crippen molar-refractivity contribution in [2.75, 3.05) is 0 Å². The Morgan fingerprint density at radius 2 is 1.02 bits per heavy atom. The number of fused-ring (bicyclic) bond motifs is 6. The van der Waals surface area contributed by atoms with Crippen molar-refractivity contribution in [3.63, 3.8) is 0 Å². The van der Waals surface area contributed by atoms with Crippen LogP contribution in [0.15, 0.2) is 138 Å². The molecule has 0 aliphatic heterocycles. The molecule has 0 saturated heterocycles. The lowest BCUT2D eigenvalue weighted by molar-refractivity contribution is 0.653. The minimum atomic E-state index is 0.570. The van der Waals surface area contributed by atoms with Crippen molar-refractivity contribution in [3.05, 3.63) is 133 Å². The molecule has 0 radical (unpaired) electrons. The van der Waals surface area contributed by atoms with E-state index in [2.05, 4.69) is 66.7 Å². The van der Waals surface area contributed by atoms with Gasteiger partial charge in [0.05, 0.1) is 16.8 Å². The number of furan rings is 1. The maximum atomic E-state index is 6.28. The largest absolute Gasteiger partial charge is 0.438 e. The molecule has 0 aliphatic carbocycles. The van der Waals surface area contributed by atoms with E-state index in [1.165, 1.54) is 4.70 Å². The van der Waals surface area contributed by atoms with Gasteiger partial charge in [0.1, 0.15) is 10.4 Å². The zero-order chi connectivity index (χ0) is 29.0. The van der Waals surface area contributed by atoms with E-state index < -0.39 is 0 Å². The number of nitrogens with zero attached hydrogens (tertiary/aromatic N) is 4. The molecule has 9 rings (SSSR count). The standard InChI is InChI=1S/C38H22N4OS/c1-3-12-23(13-4-1)35-39-33(31-27-18-7-9-20-29(27)43-37(31)41-35)25-16-11-17-26(22-25)34-32-28-19-8-10-21-30(28)44-38(32)42-36(40-34)24-14-5-2-6-15-24/h1-22H. The average molecular weight is 583 g/mol. The summed E-state index contributed by atoms with van der Waals surface area (Å²) in [5.74, 6) is 1.33. The molecular formula is C38H22N4OS. The highest BCUT2D eigenvalue weighted by molar-refractivity contribution is 7.25. The van der Waals surface area contributed by atoms with Gasteiger partial charge in [0.2, 0.25) is 5.71 Å². The lowest BCUT2D eigenvalue weighted by Crippen LogP contribution is -1.95. The number of rotatable bonds is 4. The summed E-state index contributed by atoms with van der Waals surface area (Å²) in [5.41, 5.74) is 6.96. The second-order valence-corrected chi connectivity index (χ2v) is 11.7. The van der Waals surface area contributed by atoms with E-state index in [0.29, 0.717) is 17.4 Å². The van der Waals surface area contributed by atoms with E-state index in [1.807, 2.05) is 66.7 Å². The van der Waals surface area contributed by atoms with Crippen molar-refractivity contribution in [3.8, 4) is 45.3 Å². The molecule has 5 nitrogen and oxygen atoms in total. The molecular weight excluding hydrogens is 561 g/mol. The lowest BCUT2D eigenvalue weighted by atomic mass is 10.00. The Kier molecular flexibility index (Phi) is 5.61. The van der Waals surface area contributed by atoms with Crippen molar-refractivity contribution in [1.29, 1.82) is 0 Å². The van der Waals surface area contributed by atoms with Crippen LogP contribution in [0, 0.1) is 0 Å². The first kappa shape index (κ1) is 24.8. The number of hydrogen-bond donors (Lipinski definition) is 0. The molecule has 0 saturated carbocycles. The first-order valence-electron chi connectivity index (χ1n) is 14.4. The minimum absolute atomic E-state index is 0.570. The number of thiophene rings is 1. The van der Waals surface area contributed by atoms with Crippen LogP contribution in [-0.2, 0) is 0 Å². The second kappa shape index (κ2) is 9.93. The Balaban J connectivity index is 1.32. The maximum absolute atomic E-state index is 6.28. The lowest BCUT2D eigenvalue weighted by Gasteiger charge is -2.10. The quantitative estimate of drug-likeness (QED) is 0.207. The van der Waals surface area contributed by atoms with Crippen molar-refractivity contribution in [2.24, 2.45) is 0 Å². The molecule has 0 fully saturated rings. The fraction of sp³-hybridized carbons (Fsp3) is 0. The Bertz CT molecular complexity index is 2330. The molecule has 4 heterocycles. The average Bonchev–Trinajstić information content (AvgIpc) is 3.66. The van der Waals surface area contributed by atoms with Crippen LogP contribution in [0.25, 0.3) is 87.7 Å². The third-order valence-electron chi connectivity index (χ3n) is 7.95. The Morgan fingerprint density at radius 3 is 1.75 bits per heavy atom. The zero-order valence-electron chi connectivity index (χ0n) is 23.3. The maximum Gasteiger partial charge on any atom is 0.231 e. The number of hydrogen-bond acceptors (Lipinski definition) is 6. The summed E-state index contributed by atoms with van der Waals surface area (Å²) < 4.78 is 7.47. The van der Waals surface area contributed by atoms with E-state index >= 15 is 0 Å². The highest BCUT2D eigenvalue weighted by atomic mass is 32.1. The minimum Gasteiger partial charge on any atom is -0.438 e. The van der Waals surface area contributed by atoms with Gasteiger partial charge in [0.15, 0.2) is 11.6 Å². The molecule has 6 heteroatoms. The molecule has 0 bridgehead atoms. The van der Waals surface area contributed by atoms with E-state index in [9.17, 15) is 0 Å². The van der Waals surface area contributed by atoms with Gasteiger partial charge in [-0.15, -0.1) is 11.3 Å². The second-order valence-electron chi connectivity index (χ2n) is 10.7. The van der Waals surface area contributed by atoms with Crippen LogP contribution < -0.4 is 0 Å². The van der Waals surface area contributed by atoms with E-state index in [1.54, 1.807) is 11.3 Å². The van der Waals surface area contributed by atoms with Gasteiger partial charge in [-0.05, 0) is 18.2 Å². The van der Waals surface area contributed by atoms with Crippen LogP contribution in [-0.4, -0.2) is 19.9 Å². The van der Waals surface area contributed by atoms with Gasteiger partial charge in [-0.25, -0.2) is 15.0 Å². The Morgan fingerprint density at radius 1 is 0.455 bits per heavy atom. The summed E-state index contributed by atoms with van der Waals surface area (Å²) in [6, 6.07) is 45.2. The molecule has 0 unspecified atom stereocenters. The molecule has 0 atom stereocenters. The topological polar surface area (TPSA) is 64.7 Å². The predicted octanol–water partition coefficient (Wildman–Crippen LogP) is 10.2. The highest BCUT2D eigenvalue weighted by Gasteiger charge is 2.20. The van der Waals surface area contributed by atoms with Crippen LogP contribution in [0.3, 0.4) is 0 Å². The summed E-state index contributed by atoms with van der Waals surface area (Å²) in [6.45, 7) is 0. The molecule has 9 aromatic rings. The van der Waals surface area contributed by atoms with Crippen molar-refractivity contribution < 1.29 is 4.42 Å². The predicted molar refractivity (Wildman–Crippen MR) is 180 cm³/mol. The third-order valence-corrected chi connectivity index (χ3v) is 9.02. The smallest absolute Gasteiger partial charge is 0.231 e. The summed E-state index contributed by atoms with van der Waals surface area (Å²) >= 11 is 1.70. The summed E-state index contributed by atoms with van der Waals surface area (Å²) in [5, 5.41) is 4.11.